The Balaban J connectivity index is 1.75. The van der Waals surface area contributed by atoms with Gasteiger partial charge in [-0.25, -0.2) is 4.98 Å². The Hall–Kier alpha value is -1.97. The summed E-state index contributed by atoms with van der Waals surface area (Å²) >= 11 is 1.75. The zero-order valence-corrected chi connectivity index (χ0v) is 13.7. The molecule has 0 saturated carbocycles. The molecule has 2 nitrogen and oxygen atoms in total. The topological polar surface area (TPSA) is 38.9 Å². The van der Waals surface area contributed by atoms with Gasteiger partial charge in [-0.1, -0.05) is 54.6 Å². The lowest BCUT2D eigenvalue weighted by atomic mass is 10.00. The minimum atomic E-state index is -0.00484. The predicted molar refractivity (Wildman–Crippen MR) is 94.1 cm³/mol. The molecule has 22 heavy (non-hydrogen) atoms. The van der Waals surface area contributed by atoms with Crippen LogP contribution in [0.3, 0.4) is 0 Å². The highest BCUT2D eigenvalue weighted by molar-refractivity contribution is 7.11. The molecule has 0 saturated heterocycles. The van der Waals surface area contributed by atoms with Crippen molar-refractivity contribution in [1.82, 2.24) is 4.98 Å². The van der Waals surface area contributed by atoms with Crippen LogP contribution in [-0.2, 0) is 6.42 Å². The van der Waals surface area contributed by atoms with E-state index in [1.54, 1.807) is 11.3 Å². The first-order valence-corrected chi connectivity index (χ1v) is 8.29. The van der Waals surface area contributed by atoms with Crippen LogP contribution in [0.4, 0.5) is 0 Å². The highest BCUT2D eigenvalue weighted by Crippen LogP contribution is 2.24. The summed E-state index contributed by atoms with van der Waals surface area (Å²) in [7, 11) is 0. The maximum Gasteiger partial charge on any atom is 0.0949 e. The Labute approximate surface area is 135 Å². The number of nitrogens with two attached hydrogens (primary N) is 1. The largest absolute Gasteiger partial charge is 0.324 e. The van der Waals surface area contributed by atoms with Crippen molar-refractivity contribution in [2.45, 2.75) is 26.3 Å². The van der Waals surface area contributed by atoms with Crippen molar-refractivity contribution in [1.29, 1.82) is 0 Å². The molecule has 0 radical (unpaired) electrons. The summed E-state index contributed by atoms with van der Waals surface area (Å²) in [6.45, 7) is 4.16. The third kappa shape index (κ3) is 3.26. The second kappa shape index (κ2) is 6.42. The molecule has 0 fully saturated rings. The fraction of sp³-hybridized carbons (Fsp3) is 0.211. The summed E-state index contributed by atoms with van der Waals surface area (Å²) in [5.74, 6) is 0. The zero-order chi connectivity index (χ0) is 15.5. The lowest BCUT2D eigenvalue weighted by Crippen LogP contribution is -2.13. The minimum absolute atomic E-state index is 0.00484. The molecule has 3 rings (SSSR count). The summed E-state index contributed by atoms with van der Waals surface area (Å²) in [5.41, 5.74) is 11.1. The number of hydrogen-bond acceptors (Lipinski definition) is 3. The lowest BCUT2D eigenvalue weighted by Gasteiger charge is -2.11. The van der Waals surface area contributed by atoms with Gasteiger partial charge in [0.2, 0.25) is 0 Å². The number of aryl methyl sites for hydroxylation is 2. The van der Waals surface area contributed by atoms with Gasteiger partial charge in [-0.3, -0.25) is 0 Å². The van der Waals surface area contributed by atoms with Gasteiger partial charge in [0.15, 0.2) is 0 Å². The van der Waals surface area contributed by atoms with Crippen molar-refractivity contribution in [3.63, 3.8) is 0 Å². The Morgan fingerprint density at radius 1 is 0.955 bits per heavy atom. The molecule has 2 aromatic carbocycles. The molecular weight excluding hydrogens is 288 g/mol. The van der Waals surface area contributed by atoms with Gasteiger partial charge in [-0.2, -0.15) is 0 Å². The van der Waals surface area contributed by atoms with E-state index in [2.05, 4.69) is 67.4 Å². The van der Waals surface area contributed by atoms with E-state index < -0.39 is 0 Å². The summed E-state index contributed by atoms with van der Waals surface area (Å²) < 4.78 is 0. The van der Waals surface area contributed by atoms with E-state index in [4.69, 9.17) is 5.73 Å². The normalized spacial score (nSPS) is 12.3. The average Bonchev–Trinajstić information content (AvgIpc) is 2.86. The van der Waals surface area contributed by atoms with E-state index in [9.17, 15) is 0 Å². The van der Waals surface area contributed by atoms with Gasteiger partial charge in [0.25, 0.3) is 0 Å². The number of hydrogen-bond donors (Lipinski definition) is 1. The van der Waals surface area contributed by atoms with Crippen LogP contribution in [0, 0.1) is 13.8 Å². The monoisotopic (exact) mass is 308 g/mol. The predicted octanol–water partition coefficient (Wildman–Crippen LogP) is 4.67. The smallest absolute Gasteiger partial charge is 0.0949 e. The van der Waals surface area contributed by atoms with Crippen LogP contribution in [0.1, 0.15) is 27.2 Å². The Bertz CT molecular complexity index is 725. The van der Waals surface area contributed by atoms with E-state index in [0.29, 0.717) is 0 Å². The summed E-state index contributed by atoms with van der Waals surface area (Å²) in [5, 5.41) is 1.12. The standard InChI is InChI=1S/C19H20N2S/c1-13-14(2)22-19(21-13)12-18(20)17-10-8-16(9-11-17)15-6-4-3-5-7-15/h3-11,18H,12,20H2,1-2H3. The molecule has 3 heteroatoms. The molecule has 0 aliphatic heterocycles. The number of benzene rings is 2. The fourth-order valence-corrected chi connectivity index (χ4v) is 3.48. The van der Waals surface area contributed by atoms with Gasteiger partial charge in [-0.05, 0) is 30.5 Å². The van der Waals surface area contributed by atoms with Crippen LogP contribution in [0.25, 0.3) is 11.1 Å². The van der Waals surface area contributed by atoms with Gasteiger partial charge in [0.05, 0.1) is 10.7 Å². The van der Waals surface area contributed by atoms with Gasteiger partial charge in [-0.15, -0.1) is 11.3 Å². The van der Waals surface area contributed by atoms with Gasteiger partial charge in [0, 0.05) is 17.3 Å². The number of nitrogens with zero attached hydrogens (tertiary/aromatic N) is 1. The zero-order valence-electron chi connectivity index (χ0n) is 12.9. The highest BCUT2D eigenvalue weighted by atomic mass is 32.1. The van der Waals surface area contributed by atoms with Crippen LogP contribution in [-0.4, -0.2) is 4.98 Å². The minimum Gasteiger partial charge on any atom is -0.324 e. The van der Waals surface area contributed by atoms with Crippen molar-refractivity contribution in [2.75, 3.05) is 0 Å². The molecule has 0 bridgehead atoms. The molecule has 1 aromatic heterocycles. The molecule has 1 heterocycles. The van der Waals surface area contributed by atoms with Crippen molar-refractivity contribution in [3.8, 4) is 11.1 Å². The molecule has 3 aromatic rings. The van der Waals surface area contributed by atoms with Crippen LogP contribution in [0.5, 0.6) is 0 Å². The maximum absolute atomic E-state index is 6.34. The summed E-state index contributed by atoms with van der Waals surface area (Å²) in [4.78, 5) is 5.86. The third-order valence-electron chi connectivity index (χ3n) is 3.91. The van der Waals surface area contributed by atoms with E-state index in [-0.39, 0.29) is 6.04 Å². The van der Waals surface area contributed by atoms with Crippen LogP contribution in [0.15, 0.2) is 54.6 Å². The lowest BCUT2D eigenvalue weighted by molar-refractivity contribution is 0.717. The molecule has 0 amide bonds. The fourth-order valence-electron chi connectivity index (χ4n) is 2.49. The van der Waals surface area contributed by atoms with Crippen LogP contribution >= 0.6 is 11.3 Å². The molecule has 1 unspecified atom stereocenters. The molecule has 1 atom stereocenters. The van der Waals surface area contributed by atoms with Crippen molar-refractivity contribution in [2.24, 2.45) is 5.73 Å². The molecule has 0 aliphatic rings. The molecule has 0 aliphatic carbocycles. The first-order chi connectivity index (χ1) is 10.6. The molecule has 0 spiro atoms. The van der Waals surface area contributed by atoms with Crippen molar-refractivity contribution < 1.29 is 0 Å². The Kier molecular flexibility index (Phi) is 4.36. The van der Waals surface area contributed by atoms with Gasteiger partial charge >= 0.3 is 0 Å². The van der Waals surface area contributed by atoms with Crippen molar-refractivity contribution >= 4 is 11.3 Å². The Morgan fingerprint density at radius 2 is 1.59 bits per heavy atom. The van der Waals surface area contributed by atoms with Crippen molar-refractivity contribution in [3.05, 3.63) is 75.7 Å². The van der Waals surface area contributed by atoms with E-state index in [1.165, 1.54) is 16.0 Å². The van der Waals surface area contributed by atoms with E-state index in [1.807, 2.05) is 6.07 Å². The van der Waals surface area contributed by atoms with E-state index in [0.717, 1.165) is 22.7 Å². The van der Waals surface area contributed by atoms with Crippen LogP contribution in [0.2, 0.25) is 0 Å². The maximum atomic E-state index is 6.34. The molecular formula is C19H20N2S. The number of rotatable bonds is 4. The SMILES string of the molecule is Cc1nc(CC(N)c2ccc(-c3ccccc3)cc2)sc1C. The second-order valence-electron chi connectivity index (χ2n) is 5.55. The molecule has 2 N–H and O–H groups in total. The average molecular weight is 308 g/mol. The van der Waals surface area contributed by atoms with Gasteiger partial charge in [0.1, 0.15) is 0 Å². The quantitative estimate of drug-likeness (QED) is 0.760. The summed E-state index contributed by atoms with van der Waals surface area (Å²) in [6, 6.07) is 18.9. The third-order valence-corrected chi connectivity index (χ3v) is 5.01. The van der Waals surface area contributed by atoms with E-state index >= 15 is 0 Å². The molecule has 112 valence electrons. The highest BCUT2D eigenvalue weighted by Gasteiger charge is 2.11. The number of aromatic nitrogens is 1. The summed E-state index contributed by atoms with van der Waals surface area (Å²) in [6.07, 6.45) is 0.796. The Morgan fingerprint density at radius 3 is 2.18 bits per heavy atom. The first-order valence-electron chi connectivity index (χ1n) is 7.47. The number of thiazole rings is 1. The van der Waals surface area contributed by atoms with Gasteiger partial charge < -0.3 is 5.73 Å². The van der Waals surface area contributed by atoms with Crippen LogP contribution < -0.4 is 5.73 Å². The first kappa shape index (κ1) is 14.9. The second-order valence-corrected chi connectivity index (χ2v) is 6.84.